The maximum absolute atomic E-state index is 12.3. The van der Waals surface area contributed by atoms with Gasteiger partial charge in [-0.3, -0.25) is 19.5 Å². The smallest absolute Gasteiger partial charge is 0.261 e. The molecule has 0 atom stereocenters. The van der Waals surface area contributed by atoms with Crippen molar-refractivity contribution in [3.05, 3.63) is 52.7 Å². The number of nitrogens with one attached hydrogen (secondary N) is 2. The molecule has 2 aromatic rings. The molecule has 2 heterocycles. The Hall–Kier alpha value is -3.16. The van der Waals surface area contributed by atoms with Crippen molar-refractivity contribution in [3.63, 3.8) is 0 Å². The first-order chi connectivity index (χ1) is 13.5. The van der Waals surface area contributed by atoms with Crippen molar-refractivity contribution in [2.24, 2.45) is 4.99 Å². The van der Waals surface area contributed by atoms with E-state index >= 15 is 0 Å². The number of aliphatic imine (C=N–C) groups is 1. The summed E-state index contributed by atoms with van der Waals surface area (Å²) in [6, 6.07) is 6.95. The molecular formula is C20H25N5O3. The minimum atomic E-state index is -0.206. The summed E-state index contributed by atoms with van der Waals surface area (Å²) in [5.41, 5.74) is 1.87. The second-order valence-electron chi connectivity index (χ2n) is 6.62. The van der Waals surface area contributed by atoms with Crippen molar-refractivity contribution < 1.29 is 14.0 Å². The second-order valence-corrected chi connectivity index (χ2v) is 6.62. The van der Waals surface area contributed by atoms with Gasteiger partial charge in [0, 0.05) is 20.1 Å². The predicted molar refractivity (Wildman–Crippen MR) is 105 cm³/mol. The fourth-order valence-electron chi connectivity index (χ4n) is 3.04. The number of benzene rings is 1. The normalized spacial score (nSPS) is 13.8. The summed E-state index contributed by atoms with van der Waals surface area (Å²) in [6.07, 6.45) is 1.51. The molecule has 148 valence electrons. The zero-order valence-electron chi connectivity index (χ0n) is 16.4. The van der Waals surface area contributed by atoms with Gasteiger partial charge in [0.15, 0.2) is 5.96 Å². The first kappa shape index (κ1) is 19.6. The van der Waals surface area contributed by atoms with Gasteiger partial charge >= 0.3 is 0 Å². The van der Waals surface area contributed by atoms with E-state index < -0.39 is 0 Å². The molecular weight excluding hydrogens is 358 g/mol. The van der Waals surface area contributed by atoms with Crippen LogP contribution in [0, 0.1) is 13.8 Å². The van der Waals surface area contributed by atoms with E-state index in [4.69, 9.17) is 4.42 Å². The minimum absolute atomic E-state index is 0.206. The third-order valence-corrected chi connectivity index (χ3v) is 4.68. The van der Waals surface area contributed by atoms with Gasteiger partial charge in [-0.1, -0.05) is 12.1 Å². The number of unbranched alkanes of at least 4 members (excludes halogenated alkanes) is 1. The third-order valence-electron chi connectivity index (χ3n) is 4.68. The van der Waals surface area contributed by atoms with E-state index in [0.29, 0.717) is 49.0 Å². The quantitative estimate of drug-likeness (QED) is 0.328. The first-order valence-electron chi connectivity index (χ1n) is 9.34. The molecule has 1 aliphatic heterocycles. The zero-order chi connectivity index (χ0) is 20.1. The maximum atomic E-state index is 12.3. The molecule has 0 fully saturated rings. The van der Waals surface area contributed by atoms with E-state index in [1.54, 1.807) is 31.3 Å². The Morgan fingerprint density at radius 1 is 1.11 bits per heavy atom. The Labute approximate surface area is 164 Å². The summed E-state index contributed by atoms with van der Waals surface area (Å²) in [7, 11) is 1.69. The number of hydrogen-bond donors (Lipinski definition) is 2. The number of hydrogen-bond acceptors (Lipinski definition) is 5. The van der Waals surface area contributed by atoms with Crippen LogP contribution in [0.5, 0.6) is 0 Å². The van der Waals surface area contributed by atoms with Crippen molar-refractivity contribution in [1.29, 1.82) is 0 Å². The van der Waals surface area contributed by atoms with Gasteiger partial charge in [-0.05, 0) is 38.8 Å². The Morgan fingerprint density at radius 3 is 2.36 bits per heavy atom. The summed E-state index contributed by atoms with van der Waals surface area (Å²) in [5, 5.41) is 6.36. The largest absolute Gasteiger partial charge is 0.444 e. The molecule has 2 N–H and O–H groups in total. The van der Waals surface area contributed by atoms with Crippen LogP contribution in [0.1, 0.15) is 50.9 Å². The van der Waals surface area contributed by atoms with Gasteiger partial charge < -0.3 is 15.1 Å². The van der Waals surface area contributed by atoms with Crippen LogP contribution in [0.2, 0.25) is 0 Å². The van der Waals surface area contributed by atoms with Gasteiger partial charge in [0.05, 0.1) is 23.4 Å². The topological polar surface area (TPSA) is 99.8 Å². The lowest BCUT2D eigenvalue weighted by atomic mass is 10.1. The summed E-state index contributed by atoms with van der Waals surface area (Å²) in [5.74, 6) is 1.66. The molecule has 1 aliphatic rings. The van der Waals surface area contributed by atoms with Crippen LogP contribution in [-0.4, -0.2) is 47.8 Å². The highest BCUT2D eigenvalue weighted by atomic mass is 16.4. The molecule has 0 bridgehead atoms. The number of nitrogens with zero attached hydrogens (tertiary/aromatic N) is 3. The van der Waals surface area contributed by atoms with Crippen LogP contribution >= 0.6 is 0 Å². The van der Waals surface area contributed by atoms with E-state index in [2.05, 4.69) is 20.6 Å². The number of carbonyl (C=O) groups is 2. The van der Waals surface area contributed by atoms with Crippen LogP contribution in [0.15, 0.2) is 33.7 Å². The van der Waals surface area contributed by atoms with Crippen molar-refractivity contribution in [3.8, 4) is 0 Å². The molecule has 1 aromatic heterocycles. The predicted octanol–water partition coefficient (Wildman–Crippen LogP) is 2.03. The molecule has 0 spiro atoms. The lowest BCUT2D eigenvalue weighted by Crippen LogP contribution is -2.37. The lowest BCUT2D eigenvalue weighted by molar-refractivity contribution is 0.0652. The van der Waals surface area contributed by atoms with E-state index in [1.165, 1.54) is 4.90 Å². The van der Waals surface area contributed by atoms with Gasteiger partial charge in [-0.2, -0.15) is 0 Å². The van der Waals surface area contributed by atoms with Crippen molar-refractivity contribution in [2.45, 2.75) is 33.2 Å². The maximum Gasteiger partial charge on any atom is 0.261 e. The van der Waals surface area contributed by atoms with E-state index in [9.17, 15) is 9.59 Å². The van der Waals surface area contributed by atoms with Gasteiger partial charge in [-0.15, -0.1) is 0 Å². The third kappa shape index (κ3) is 4.21. The molecule has 0 radical (unpaired) electrons. The summed E-state index contributed by atoms with van der Waals surface area (Å²) in [4.78, 5) is 34.4. The molecule has 28 heavy (non-hydrogen) atoms. The molecule has 0 unspecified atom stereocenters. The van der Waals surface area contributed by atoms with Crippen LogP contribution in [0.4, 0.5) is 0 Å². The average Bonchev–Trinajstić information content (AvgIpc) is 3.15. The van der Waals surface area contributed by atoms with Gasteiger partial charge in [0.25, 0.3) is 11.8 Å². The number of fused-ring (bicyclic) bond motifs is 1. The van der Waals surface area contributed by atoms with Crippen molar-refractivity contribution in [1.82, 2.24) is 20.5 Å². The number of imide groups is 1. The Balaban J connectivity index is 1.38. The number of aryl methyl sites for hydroxylation is 2. The number of rotatable bonds is 7. The lowest BCUT2D eigenvalue weighted by Gasteiger charge is -2.14. The number of aromatic nitrogens is 1. The minimum Gasteiger partial charge on any atom is -0.444 e. The molecule has 8 nitrogen and oxygen atoms in total. The highest BCUT2D eigenvalue weighted by Crippen LogP contribution is 2.22. The standard InChI is InChI=1S/C20H25N5O3/c1-13-14(2)28-17(24-13)12-23-20(21-3)22-10-6-7-11-25-18(26)15-8-4-5-9-16(15)19(25)27/h4-5,8-9H,6-7,10-12H2,1-3H3,(H2,21,22,23). The number of oxazole rings is 1. The van der Waals surface area contributed by atoms with Crippen LogP contribution < -0.4 is 10.6 Å². The zero-order valence-corrected chi connectivity index (χ0v) is 16.4. The summed E-state index contributed by atoms with van der Waals surface area (Å²) < 4.78 is 5.53. The fraction of sp³-hybridized carbons (Fsp3) is 0.400. The van der Waals surface area contributed by atoms with Gasteiger partial charge in [0.2, 0.25) is 5.89 Å². The molecule has 0 aliphatic carbocycles. The van der Waals surface area contributed by atoms with Crippen LogP contribution in [0.3, 0.4) is 0 Å². The van der Waals surface area contributed by atoms with Crippen molar-refractivity contribution >= 4 is 17.8 Å². The number of carbonyl (C=O) groups excluding carboxylic acids is 2. The Bertz CT molecular complexity index is 848. The van der Waals surface area contributed by atoms with Gasteiger partial charge in [0.1, 0.15) is 5.76 Å². The summed E-state index contributed by atoms with van der Waals surface area (Å²) in [6.45, 7) is 5.32. The Kier molecular flexibility index (Phi) is 6.08. The van der Waals surface area contributed by atoms with Crippen molar-refractivity contribution in [2.75, 3.05) is 20.1 Å². The van der Waals surface area contributed by atoms with E-state index in [0.717, 1.165) is 17.9 Å². The van der Waals surface area contributed by atoms with E-state index in [-0.39, 0.29) is 11.8 Å². The van der Waals surface area contributed by atoms with Crippen LogP contribution in [0.25, 0.3) is 0 Å². The number of guanidine groups is 1. The molecule has 0 saturated heterocycles. The molecule has 0 saturated carbocycles. The Morgan fingerprint density at radius 2 is 1.79 bits per heavy atom. The molecule has 3 rings (SSSR count). The highest BCUT2D eigenvalue weighted by molar-refractivity contribution is 6.21. The number of amides is 2. The summed E-state index contributed by atoms with van der Waals surface area (Å²) >= 11 is 0. The van der Waals surface area contributed by atoms with Crippen LogP contribution in [-0.2, 0) is 6.54 Å². The first-order valence-corrected chi connectivity index (χ1v) is 9.34. The molecule has 1 aromatic carbocycles. The monoisotopic (exact) mass is 383 g/mol. The molecule has 2 amide bonds. The highest BCUT2D eigenvalue weighted by Gasteiger charge is 2.34. The average molecular weight is 383 g/mol. The second kappa shape index (κ2) is 8.69. The fourth-order valence-corrected chi connectivity index (χ4v) is 3.04. The van der Waals surface area contributed by atoms with Gasteiger partial charge in [-0.25, -0.2) is 4.98 Å². The SMILES string of the molecule is CN=C(NCCCCN1C(=O)c2ccccc2C1=O)NCc1nc(C)c(C)o1. The van der Waals surface area contributed by atoms with E-state index in [1.807, 2.05) is 13.8 Å². The molecule has 8 heteroatoms.